The monoisotopic (exact) mass is 993 g/mol. The molecule has 0 unspecified atom stereocenters. The van der Waals surface area contributed by atoms with Crippen molar-refractivity contribution in [2.24, 2.45) is 0 Å². The molecule has 0 fully saturated rings. The molecule has 390 valence electrons. The van der Waals surface area contributed by atoms with Crippen LogP contribution in [0, 0.1) is 22.7 Å². The van der Waals surface area contributed by atoms with E-state index in [9.17, 15) is 10.5 Å². The Bertz CT molecular complexity index is 2410. The molecule has 74 heavy (non-hydrogen) atoms. The maximum Gasteiger partial charge on any atom is 0.137 e. The number of benzene rings is 5. The molecule has 5 rings (SSSR count). The van der Waals surface area contributed by atoms with Gasteiger partial charge in [0, 0.05) is 11.1 Å². The molecule has 0 aliphatic heterocycles. The van der Waals surface area contributed by atoms with E-state index in [2.05, 4.69) is 137 Å². The fraction of sp³-hybridized carbons (Fsp3) is 0.412. The SMILES string of the molecule is CCCCCCCCOc1cc(/C=C/c2ccc(/C=C/c3ccc(OCCCCCC)c(C#N)c3)cc2)c(OCCCCCCCC)cc1/C=C/c1ccc(/C=C/c2ccc(OCCCCCC)c(C#N)c2)cc1. The van der Waals surface area contributed by atoms with Crippen molar-refractivity contribution in [2.75, 3.05) is 26.4 Å². The van der Waals surface area contributed by atoms with Crippen LogP contribution in [0.2, 0.25) is 0 Å². The first kappa shape index (κ1) is 58.1. The maximum atomic E-state index is 9.82. The normalized spacial score (nSPS) is 11.5. The van der Waals surface area contributed by atoms with Crippen LogP contribution in [0.5, 0.6) is 23.0 Å². The summed E-state index contributed by atoms with van der Waals surface area (Å²) >= 11 is 0. The van der Waals surface area contributed by atoms with Gasteiger partial charge in [0.05, 0.1) is 37.6 Å². The summed E-state index contributed by atoms with van der Waals surface area (Å²) in [6.07, 6.45) is 40.2. The summed E-state index contributed by atoms with van der Waals surface area (Å²) in [6.45, 7) is 11.5. The number of hydrogen-bond donors (Lipinski definition) is 0. The fourth-order valence-electron chi connectivity index (χ4n) is 8.58. The predicted octanol–water partition coefficient (Wildman–Crippen LogP) is 19.5. The predicted molar refractivity (Wildman–Crippen MR) is 314 cm³/mol. The highest BCUT2D eigenvalue weighted by molar-refractivity contribution is 5.80. The Labute approximate surface area is 446 Å². The largest absolute Gasteiger partial charge is 0.493 e. The van der Waals surface area contributed by atoms with Crippen molar-refractivity contribution in [3.8, 4) is 35.1 Å². The molecule has 0 N–H and O–H groups in total. The third-order valence-electron chi connectivity index (χ3n) is 13.1. The van der Waals surface area contributed by atoms with Gasteiger partial charge in [-0.1, -0.05) is 240 Å². The Balaban J connectivity index is 1.33. The molecule has 5 aromatic carbocycles. The minimum Gasteiger partial charge on any atom is -0.493 e. The van der Waals surface area contributed by atoms with Crippen LogP contribution in [0.25, 0.3) is 48.6 Å². The van der Waals surface area contributed by atoms with Crippen molar-refractivity contribution >= 4 is 48.6 Å². The average Bonchev–Trinajstić information content (AvgIpc) is 3.43. The lowest BCUT2D eigenvalue weighted by molar-refractivity contribution is 0.295. The lowest BCUT2D eigenvalue weighted by atomic mass is 10.0. The number of hydrogen-bond acceptors (Lipinski definition) is 6. The molecule has 0 saturated carbocycles. The summed E-state index contributed by atoms with van der Waals surface area (Å²) in [6, 6.07) is 37.5. The molecule has 0 heterocycles. The maximum absolute atomic E-state index is 9.82. The number of ether oxygens (including phenoxy) is 4. The molecule has 6 heteroatoms. The van der Waals surface area contributed by atoms with E-state index in [1.807, 2.05) is 48.6 Å². The fourth-order valence-corrected chi connectivity index (χ4v) is 8.58. The van der Waals surface area contributed by atoms with E-state index >= 15 is 0 Å². The Morgan fingerprint density at radius 2 is 0.554 bits per heavy atom. The van der Waals surface area contributed by atoms with Crippen molar-refractivity contribution in [2.45, 2.75) is 156 Å². The van der Waals surface area contributed by atoms with Crippen LogP contribution in [-0.4, -0.2) is 26.4 Å². The first-order valence-electron chi connectivity index (χ1n) is 28.2. The minimum atomic E-state index is 0.559. The van der Waals surface area contributed by atoms with Crippen LogP contribution < -0.4 is 18.9 Å². The Morgan fingerprint density at radius 1 is 0.297 bits per heavy atom. The van der Waals surface area contributed by atoms with Gasteiger partial charge in [-0.25, -0.2) is 0 Å². The van der Waals surface area contributed by atoms with Crippen molar-refractivity contribution < 1.29 is 18.9 Å². The third kappa shape index (κ3) is 21.8. The highest BCUT2D eigenvalue weighted by atomic mass is 16.5. The topological polar surface area (TPSA) is 84.5 Å². The van der Waals surface area contributed by atoms with Crippen LogP contribution in [0.4, 0.5) is 0 Å². The first-order valence-corrected chi connectivity index (χ1v) is 28.2. The van der Waals surface area contributed by atoms with E-state index in [0.717, 1.165) is 107 Å². The van der Waals surface area contributed by atoms with E-state index in [1.165, 1.54) is 77.0 Å². The summed E-state index contributed by atoms with van der Waals surface area (Å²) in [5.41, 5.74) is 9.31. The first-order chi connectivity index (χ1) is 36.5. The zero-order chi connectivity index (χ0) is 52.3. The van der Waals surface area contributed by atoms with E-state index in [1.54, 1.807) is 0 Å². The number of nitrogens with zero attached hydrogens (tertiary/aromatic N) is 2. The second-order valence-corrected chi connectivity index (χ2v) is 19.4. The average molecular weight is 993 g/mol. The molecule has 0 aliphatic carbocycles. The van der Waals surface area contributed by atoms with Gasteiger partial charge in [0.2, 0.25) is 0 Å². The van der Waals surface area contributed by atoms with Gasteiger partial charge >= 0.3 is 0 Å². The van der Waals surface area contributed by atoms with Crippen LogP contribution in [-0.2, 0) is 0 Å². The summed E-state index contributed by atoms with van der Waals surface area (Å²) in [5.74, 6) is 2.99. The number of nitriles is 2. The van der Waals surface area contributed by atoms with Crippen LogP contribution in [0.15, 0.2) is 97.1 Å². The molecule has 0 radical (unpaired) electrons. The molecule has 0 amide bonds. The molecule has 0 aliphatic rings. The molecule has 0 saturated heterocycles. The van der Waals surface area contributed by atoms with Gasteiger partial charge in [0.1, 0.15) is 35.1 Å². The van der Waals surface area contributed by atoms with Crippen molar-refractivity contribution in [1.29, 1.82) is 10.5 Å². The van der Waals surface area contributed by atoms with E-state index in [4.69, 9.17) is 18.9 Å². The van der Waals surface area contributed by atoms with Gasteiger partial charge < -0.3 is 18.9 Å². The number of rotatable bonds is 36. The molecule has 0 spiro atoms. The van der Waals surface area contributed by atoms with Crippen molar-refractivity contribution in [3.05, 3.63) is 153 Å². The number of unbranched alkanes of at least 4 members (excludes halogenated alkanes) is 16. The van der Waals surface area contributed by atoms with Gasteiger partial charge in [-0.3, -0.25) is 0 Å². The Morgan fingerprint density at radius 3 is 0.878 bits per heavy atom. The molecule has 0 aromatic heterocycles. The van der Waals surface area contributed by atoms with E-state index in [0.29, 0.717) is 49.1 Å². The van der Waals surface area contributed by atoms with Gasteiger partial charge in [-0.2, -0.15) is 10.5 Å². The highest BCUT2D eigenvalue weighted by Gasteiger charge is 2.12. The minimum absolute atomic E-state index is 0.559. The second-order valence-electron chi connectivity index (χ2n) is 19.4. The molecule has 6 nitrogen and oxygen atoms in total. The quantitative estimate of drug-likeness (QED) is 0.0294. The standard InChI is InChI=1S/C68H84N2O4/c1-5-9-13-17-19-23-47-73-67-51-62(42-38-58-31-27-56(28-32-58)34-36-60-40-44-66(64(50-60)54-70)72-46-22-16-12-8-4)68(74-48-24-20-18-14-10-6-2)52-61(67)41-37-57-29-25-55(26-30-57)33-35-59-39-43-65(63(49-59)53-69)71-45-21-15-11-7-3/h25-44,49-52H,5-24,45-48H2,1-4H3/b35-33+,36-34+,41-37+,42-38+. The van der Waals surface area contributed by atoms with Crippen LogP contribution in [0.3, 0.4) is 0 Å². The van der Waals surface area contributed by atoms with Gasteiger partial charge in [-0.15, -0.1) is 0 Å². The van der Waals surface area contributed by atoms with Gasteiger partial charge in [-0.05, 0) is 95.5 Å². The lowest BCUT2D eigenvalue weighted by Gasteiger charge is -2.15. The summed E-state index contributed by atoms with van der Waals surface area (Å²) in [4.78, 5) is 0. The zero-order valence-corrected chi connectivity index (χ0v) is 45.4. The van der Waals surface area contributed by atoms with Gasteiger partial charge in [0.25, 0.3) is 0 Å². The molecule has 5 aromatic rings. The smallest absolute Gasteiger partial charge is 0.137 e. The van der Waals surface area contributed by atoms with Crippen molar-refractivity contribution in [3.63, 3.8) is 0 Å². The molecular formula is C68H84N2O4. The summed E-state index contributed by atoms with van der Waals surface area (Å²) < 4.78 is 25.1. The van der Waals surface area contributed by atoms with Crippen LogP contribution >= 0.6 is 0 Å². The Hall–Kier alpha value is -6.76. The highest BCUT2D eigenvalue weighted by Crippen LogP contribution is 2.33. The molecule has 0 bridgehead atoms. The summed E-state index contributed by atoms with van der Waals surface area (Å²) in [5, 5.41) is 19.6. The third-order valence-corrected chi connectivity index (χ3v) is 13.1. The molecule has 0 atom stereocenters. The Kier molecular flexibility index (Phi) is 27.8. The van der Waals surface area contributed by atoms with Crippen LogP contribution in [0.1, 0.15) is 212 Å². The second kappa shape index (κ2) is 35.4. The van der Waals surface area contributed by atoms with Gasteiger partial charge in [0.15, 0.2) is 0 Å². The lowest BCUT2D eigenvalue weighted by Crippen LogP contribution is -2.03. The molecular weight excluding hydrogens is 909 g/mol. The van der Waals surface area contributed by atoms with E-state index in [-0.39, 0.29) is 0 Å². The van der Waals surface area contributed by atoms with E-state index < -0.39 is 0 Å². The van der Waals surface area contributed by atoms with Crippen molar-refractivity contribution in [1.82, 2.24) is 0 Å². The summed E-state index contributed by atoms with van der Waals surface area (Å²) in [7, 11) is 0. The zero-order valence-electron chi connectivity index (χ0n) is 45.4.